The molecule has 5 rings (SSSR count). The lowest BCUT2D eigenvalue weighted by Gasteiger charge is -2.34. The number of benzene rings is 2. The maximum Gasteiger partial charge on any atom is 0.224 e. The van der Waals surface area contributed by atoms with Gasteiger partial charge in [0.15, 0.2) is 17.3 Å². The van der Waals surface area contributed by atoms with Crippen LogP contribution in [0.25, 0.3) is 0 Å². The van der Waals surface area contributed by atoms with Crippen molar-refractivity contribution in [2.24, 2.45) is 0 Å². The Bertz CT molecular complexity index is 1320. The average molecular weight is 489 g/mol. The number of carbonyl (C=O) groups is 2. The van der Waals surface area contributed by atoms with Crippen molar-refractivity contribution in [3.8, 4) is 17.2 Å². The van der Waals surface area contributed by atoms with Gasteiger partial charge >= 0.3 is 0 Å². The van der Waals surface area contributed by atoms with Gasteiger partial charge in [-0.2, -0.15) is 0 Å². The number of methoxy groups -OCH3 is 3. The number of hydrogen-bond donors (Lipinski definition) is 1. The van der Waals surface area contributed by atoms with E-state index in [2.05, 4.69) is 5.32 Å². The summed E-state index contributed by atoms with van der Waals surface area (Å²) in [6, 6.07) is 14.2. The molecule has 1 aromatic heterocycles. The molecular weight excluding hydrogens is 460 g/mol. The molecule has 0 spiro atoms. The Morgan fingerprint density at radius 2 is 1.72 bits per heavy atom. The van der Waals surface area contributed by atoms with Crippen molar-refractivity contribution in [3.05, 3.63) is 77.4 Å². The second-order valence-corrected chi connectivity index (χ2v) is 8.83. The van der Waals surface area contributed by atoms with Crippen LogP contribution in [0.5, 0.6) is 17.2 Å². The second-order valence-electron chi connectivity index (χ2n) is 8.83. The molecule has 186 valence electrons. The van der Waals surface area contributed by atoms with E-state index < -0.39 is 6.04 Å². The Morgan fingerprint density at radius 1 is 1.00 bits per heavy atom. The van der Waals surface area contributed by atoms with Gasteiger partial charge in [-0.25, -0.2) is 0 Å². The molecule has 1 N–H and O–H groups in total. The molecule has 0 saturated carbocycles. The molecule has 2 atom stereocenters. The highest BCUT2D eigenvalue weighted by molar-refractivity contribution is 6.06. The van der Waals surface area contributed by atoms with Gasteiger partial charge < -0.3 is 23.9 Å². The van der Waals surface area contributed by atoms with Crippen LogP contribution in [0.4, 0.5) is 11.4 Å². The third kappa shape index (κ3) is 3.88. The first kappa shape index (κ1) is 23.5. The van der Waals surface area contributed by atoms with E-state index in [1.165, 1.54) is 28.3 Å². The Kier molecular flexibility index (Phi) is 6.18. The van der Waals surface area contributed by atoms with E-state index in [-0.39, 0.29) is 24.0 Å². The highest BCUT2D eigenvalue weighted by atomic mass is 16.5. The van der Waals surface area contributed by atoms with Crippen molar-refractivity contribution in [2.45, 2.75) is 31.7 Å². The average Bonchev–Trinajstić information content (AvgIpc) is 3.37. The number of allylic oxidation sites excluding steroid dienone is 1. The number of hydrogen-bond acceptors (Lipinski definition) is 7. The smallest absolute Gasteiger partial charge is 0.224 e. The van der Waals surface area contributed by atoms with Gasteiger partial charge in [0.25, 0.3) is 0 Å². The van der Waals surface area contributed by atoms with Crippen LogP contribution in [-0.2, 0) is 9.59 Å². The maximum absolute atomic E-state index is 13.9. The van der Waals surface area contributed by atoms with Crippen LogP contribution in [0.15, 0.2) is 70.5 Å². The molecule has 8 nitrogen and oxygen atoms in total. The summed E-state index contributed by atoms with van der Waals surface area (Å²) in [6.45, 7) is 1.51. The lowest BCUT2D eigenvalue weighted by Crippen LogP contribution is -2.37. The van der Waals surface area contributed by atoms with E-state index in [1.807, 2.05) is 36.4 Å². The Morgan fingerprint density at radius 3 is 2.33 bits per heavy atom. The molecule has 8 heteroatoms. The molecule has 0 saturated heterocycles. The SMILES string of the molecule is COc1cc([C@H]2C3=C(C[C@H](c4ccco4)CC3=O)Nc3ccccc3N2C(C)=O)cc(OC)c1OC. The topological polar surface area (TPSA) is 90.2 Å². The molecule has 1 amide bonds. The maximum atomic E-state index is 13.9. The van der Waals surface area contributed by atoms with Gasteiger partial charge in [-0.3, -0.25) is 14.5 Å². The Hall–Kier alpha value is -4.20. The Labute approximate surface area is 209 Å². The monoisotopic (exact) mass is 488 g/mol. The highest BCUT2D eigenvalue weighted by Gasteiger charge is 2.42. The van der Waals surface area contributed by atoms with Crippen molar-refractivity contribution in [3.63, 3.8) is 0 Å². The number of ether oxygens (including phenoxy) is 3. The third-order valence-electron chi connectivity index (χ3n) is 6.78. The number of nitrogens with one attached hydrogen (secondary N) is 1. The van der Waals surface area contributed by atoms with E-state index in [0.29, 0.717) is 40.5 Å². The van der Waals surface area contributed by atoms with Crippen molar-refractivity contribution >= 4 is 23.1 Å². The molecule has 1 aliphatic carbocycles. The van der Waals surface area contributed by atoms with E-state index in [0.717, 1.165) is 17.1 Å². The van der Waals surface area contributed by atoms with Gasteiger partial charge in [0, 0.05) is 30.5 Å². The fraction of sp³-hybridized carbons (Fsp3) is 0.286. The lowest BCUT2D eigenvalue weighted by molar-refractivity contribution is -0.117. The minimum Gasteiger partial charge on any atom is -0.493 e. The molecule has 2 aromatic carbocycles. The number of nitrogens with zero attached hydrogens (tertiary/aromatic N) is 1. The number of anilines is 2. The number of carbonyl (C=O) groups excluding carboxylic acids is 2. The summed E-state index contributed by atoms with van der Waals surface area (Å²) in [6.07, 6.45) is 2.46. The number of Topliss-reactive ketones (excluding diaryl/α,β-unsaturated/α-hetero) is 1. The van der Waals surface area contributed by atoms with Crippen molar-refractivity contribution < 1.29 is 28.2 Å². The summed E-state index contributed by atoms with van der Waals surface area (Å²) in [7, 11) is 4.62. The summed E-state index contributed by atoms with van der Waals surface area (Å²) >= 11 is 0. The van der Waals surface area contributed by atoms with Gasteiger partial charge in [0.2, 0.25) is 11.7 Å². The van der Waals surface area contributed by atoms with Crippen molar-refractivity contribution in [2.75, 3.05) is 31.5 Å². The second kappa shape index (κ2) is 9.45. The van der Waals surface area contributed by atoms with Gasteiger partial charge in [0.1, 0.15) is 5.76 Å². The third-order valence-corrected chi connectivity index (χ3v) is 6.78. The van der Waals surface area contributed by atoms with Gasteiger partial charge in [-0.05, 0) is 48.4 Å². The minimum absolute atomic E-state index is 0.0528. The molecule has 3 aromatic rings. The molecule has 0 bridgehead atoms. The first-order valence-corrected chi connectivity index (χ1v) is 11.7. The molecule has 0 fully saturated rings. The number of furan rings is 1. The summed E-state index contributed by atoms with van der Waals surface area (Å²) in [5.74, 6) is 1.74. The van der Waals surface area contributed by atoms with E-state index in [1.54, 1.807) is 23.3 Å². The van der Waals surface area contributed by atoms with Crippen LogP contribution in [0, 0.1) is 0 Å². The molecule has 0 unspecified atom stereocenters. The fourth-order valence-corrected chi connectivity index (χ4v) is 5.24. The van der Waals surface area contributed by atoms with Crippen LogP contribution >= 0.6 is 0 Å². The number of fused-ring (bicyclic) bond motifs is 1. The van der Waals surface area contributed by atoms with Crippen LogP contribution in [-0.4, -0.2) is 33.0 Å². The van der Waals surface area contributed by atoms with Crippen molar-refractivity contribution in [1.29, 1.82) is 0 Å². The largest absolute Gasteiger partial charge is 0.493 e. The van der Waals surface area contributed by atoms with Gasteiger partial charge in [-0.1, -0.05) is 12.1 Å². The molecule has 36 heavy (non-hydrogen) atoms. The molecule has 0 radical (unpaired) electrons. The zero-order valence-electron chi connectivity index (χ0n) is 20.7. The highest BCUT2D eigenvalue weighted by Crippen LogP contribution is 2.49. The van der Waals surface area contributed by atoms with Crippen LogP contribution in [0.2, 0.25) is 0 Å². The quantitative estimate of drug-likeness (QED) is 0.526. The summed E-state index contributed by atoms with van der Waals surface area (Å²) in [5.41, 5.74) is 3.42. The number of para-hydroxylation sites is 2. The van der Waals surface area contributed by atoms with Crippen LogP contribution in [0.1, 0.15) is 43.0 Å². The molecule has 2 aliphatic rings. The van der Waals surface area contributed by atoms with Crippen molar-refractivity contribution in [1.82, 2.24) is 0 Å². The summed E-state index contributed by atoms with van der Waals surface area (Å²) in [4.78, 5) is 28.7. The molecule has 1 aliphatic heterocycles. The normalized spacial score (nSPS) is 19.1. The predicted octanol–water partition coefficient (Wildman–Crippen LogP) is 5.23. The summed E-state index contributed by atoms with van der Waals surface area (Å²) in [5, 5.41) is 3.48. The fourth-order valence-electron chi connectivity index (χ4n) is 5.24. The minimum atomic E-state index is -0.701. The molecular formula is C28H28N2O6. The van der Waals surface area contributed by atoms with E-state index in [4.69, 9.17) is 18.6 Å². The zero-order chi connectivity index (χ0) is 25.4. The predicted molar refractivity (Wildman–Crippen MR) is 135 cm³/mol. The zero-order valence-corrected chi connectivity index (χ0v) is 20.7. The van der Waals surface area contributed by atoms with Crippen LogP contribution in [0.3, 0.4) is 0 Å². The van der Waals surface area contributed by atoms with E-state index in [9.17, 15) is 9.59 Å². The van der Waals surface area contributed by atoms with Gasteiger partial charge in [-0.15, -0.1) is 0 Å². The first-order valence-electron chi connectivity index (χ1n) is 11.7. The number of rotatable bonds is 5. The molecule has 2 heterocycles. The first-order chi connectivity index (χ1) is 17.5. The van der Waals surface area contributed by atoms with Gasteiger partial charge in [0.05, 0.1) is 45.0 Å². The number of amides is 1. The lowest BCUT2D eigenvalue weighted by atomic mass is 9.80. The standard InChI is InChI=1S/C28H28N2O6/c1-16(31)30-21-9-6-5-8-19(21)29-20-12-17(23-10-7-11-36-23)13-22(32)26(20)27(30)18-14-24(33-2)28(35-4)25(15-18)34-3/h5-11,14-15,17,27,29H,12-13H2,1-4H3/t17-,27-/m0/s1. The Balaban J connectivity index is 1.76. The van der Waals surface area contributed by atoms with Crippen LogP contribution < -0.4 is 24.4 Å². The summed E-state index contributed by atoms with van der Waals surface area (Å²) < 4.78 is 22.3. The number of ketones is 1. The van der Waals surface area contributed by atoms with E-state index >= 15 is 0 Å².